The first-order chi connectivity index (χ1) is 9.29. The highest BCUT2D eigenvalue weighted by Crippen LogP contribution is 2.43. The van der Waals surface area contributed by atoms with Gasteiger partial charge in [0.05, 0.1) is 0 Å². The molecule has 1 aromatic heterocycles. The lowest BCUT2D eigenvalue weighted by molar-refractivity contribution is -0.0848. The lowest BCUT2D eigenvalue weighted by Crippen LogP contribution is -2.38. The Labute approximate surface area is 115 Å². The van der Waals surface area contributed by atoms with Crippen LogP contribution < -0.4 is 5.32 Å². The van der Waals surface area contributed by atoms with Crippen LogP contribution in [0.3, 0.4) is 0 Å². The van der Waals surface area contributed by atoms with Gasteiger partial charge in [-0.25, -0.2) is 9.97 Å². The molecule has 1 unspecified atom stereocenters. The van der Waals surface area contributed by atoms with E-state index in [2.05, 4.69) is 17.2 Å². The number of aryl methyl sites for hydroxylation is 1. The van der Waals surface area contributed by atoms with Gasteiger partial charge in [-0.2, -0.15) is 0 Å². The molecule has 0 aromatic carbocycles. The van der Waals surface area contributed by atoms with E-state index < -0.39 is 0 Å². The van der Waals surface area contributed by atoms with Crippen LogP contribution in [0.1, 0.15) is 62.2 Å². The molecule has 0 radical (unpaired) electrons. The van der Waals surface area contributed by atoms with Crippen LogP contribution in [0.15, 0.2) is 6.20 Å². The standard InChI is InChI=1S/C15H23N3O/c1-3-16-12-6-4-7-13-11(12)10-17-14(18-13)15(19-2)8-5-9-15/h10,12,16H,3-9H2,1-2H3. The number of hydrogen-bond acceptors (Lipinski definition) is 4. The van der Waals surface area contributed by atoms with Gasteiger partial charge in [-0.1, -0.05) is 6.92 Å². The molecule has 0 aliphatic heterocycles. The summed E-state index contributed by atoms with van der Waals surface area (Å²) in [6, 6.07) is 0.433. The monoisotopic (exact) mass is 261 g/mol. The number of aromatic nitrogens is 2. The van der Waals surface area contributed by atoms with E-state index in [9.17, 15) is 0 Å². The molecule has 19 heavy (non-hydrogen) atoms. The zero-order valence-electron chi connectivity index (χ0n) is 11.9. The maximum atomic E-state index is 5.68. The van der Waals surface area contributed by atoms with E-state index in [0.717, 1.165) is 31.6 Å². The Kier molecular flexibility index (Phi) is 3.54. The van der Waals surface area contributed by atoms with Crippen LogP contribution in [0.4, 0.5) is 0 Å². The van der Waals surface area contributed by atoms with Gasteiger partial charge in [-0.15, -0.1) is 0 Å². The van der Waals surface area contributed by atoms with E-state index in [0.29, 0.717) is 6.04 Å². The predicted molar refractivity (Wildman–Crippen MR) is 73.9 cm³/mol. The van der Waals surface area contributed by atoms with E-state index in [-0.39, 0.29) is 5.60 Å². The quantitative estimate of drug-likeness (QED) is 0.904. The van der Waals surface area contributed by atoms with Gasteiger partial charge in [0.1, 0.15) is 5.60 Å². The highest BCUT2D eigenvalue weighted by atomic mass is 16.5. The van der Waals surface area contributed by atoms with E-state index in [1.54, 1.807) is 7.11 Å². The number of nitrogens with zero attached hydrogens (tertiary/aromatic N) is 2. The second-order valence-electron chi connectivity index (χ2n) is 5.65. The third-order valence-electron chi connectivity index (χ3n) is 4.59. The third kappa shape index (κ3) is 2.17. The summed E-state index contributed by atoms with van der Waals surface area (Å²) < 4.78 is 5.68. The minimum Gasteiger partial charge on any atom is -0.370 e. The van der Waals surface area contributed by atoms with E-state index in [4.69, 9.17) is 9.72 Å². The number of nitrogens with one attached hydrogen (secondary N) is 1. The zero-order valence-corrected chi connectivity index (χ0v) is 11.9. The topological polar surface area (TPSA) is 47.0 Å². The van der Waals surface area contributed by atoms with Gasteiger partial charge < -0.3 is 10.1 Å². The van der Waals surface area contributed by atoms with Crippen molar-refractivity contribution in [3.8, 4) is 0 Å². The van der Waals surface area contributed by atoms with Gasteiger partial charge >= 0.3 is 0 Å². The number of rotatable bonds is 4. The first-order valence-corrected chi connectivity index (χ1v) is 7.44. The summed E-state index contributed by atoms with van der Waals surface area (Å²) in [4.78, 5) is 9.45. The van der Waals surface area contributed by atoms with Gasteiger partial charge in [0.15, 0.2) is 5.82 Å². The molecule has 0 spiro atoms. The van der Waals surface area contributed by atoms with E-state index in [1.165, 1.54) is 30.5 Å². The fourth-order valence-electron chi connectivity index (χ4n) is 3.24. The van der Waals surface area contributed by atoms with Crippen molar-refractivity contribution in [2.24, 2.45) is 0 Å². The molecule has 1 N–H and O–H groups in total. The van der Waals surface area contributed by atoms with Crippen molar-refractivity contribution >= 4 is 0 Å². The Hall–Kier alpha value is -1.00. The molecule has 3 rings (SSSR count). The summed E-state index contributed by atoms with van der Waals surface area (Å²) in [6.07, 6.45) is 8.84. The second-order valence-corrected chi connectivity index (χ2v) is 5.65. The highest BCUT2D eigenvalue weighted by molar-refractivity contribution is 5.26. The van der Waals surface area contributed by atoms with Gasteiger partial charge in [0.25, 0.3) is 0 Å². The highest BCUT2D eigenvalue weighted by Gasteiger charge is 2.42. The number of methoxy groups -OCH3 is 1. The summed E-state index contributed by atoms with van der Waals surface area (Å²) in [6.45, 7) is 3.14. The Morgan fingerprint density at radius 3 is 2.89 bits per heavy atom. The summed E-state index contributed by atoms with van der Waals surface area (Å²) in [5, 5.41) is 3.53. The Morgan fingerprint density at radius 2 is 2.26 bits per heavy atom. The van der Waals surface area contributed by atoms with Gasteiger partial charge in [0.2, 0.25) is 0 Å². The van der Waals surface area contributed by atoms with Gasteiger partial charge in [0, 0.05) is 30.6 Å². The van der Waals surface area contributed by atoms with Crippen molar-refractivity contribution in [3.05, 3.63) is 23.3 Å². The molecule has 0 amide bonds. The normalized spacial score (nSPS) is 24.6. The molecular formula is C15H23N3O. The maximum Gasteiger partial charge on any atom is 0.160 e. The minimum atomic E-state index is -0.194. The van der Waals surface area contributed by atoms with Crippen LogP contribution in [-0.4, -0.2) is 23.6 Å². The molecule has 1 aromatic rings. The Balaban J connectivity index is 1.91. The Bertz CT molecular complexity index is 451. The summed E-state index contributed by atoms with van der Waals surface area (Å²) in [5.41, 5.74) is 2.33. The molecule has 2 aliphatic carbocycles. The molecule has 1 heterocycles. The van der Waals surface area contributed by atoms with Gasteiger partial charge in [-0.3, -0.25) is 0 Å². The van der Waals surface area contributed by atoms with Crippen LogP contribution >= 0.6 is 0 Å². The molecular weight excluding hydrogens is 238 g/mol. The minimum absolute atomic E-state index is 0.194. The van der Waals surface area contributed by atoms with E-state index in [1.807, 2.05) is 6.20 Å². The SMILES string of the molecule is CCNC1CCCc2nc(C3(OC)CCC3)ncc21. The molecule has 1 fully saturated rings. The smallest absolute Gasteiger partial charge is 0.160 e. The third-order valence-corrected chi connectivity index (χ3v) is 4.59. The number of fused-ring (bicyclic) bond motifs is 1. The van der Waals surface area contributed by atoms with Crippen LogP contribution in [0.5, 0.6) is 0 Å². The molecule has 1 atom stereocenters. The van der Waals surface area contributed by atoms with Gasteiger partial charge in [-0.05, 0) is 45.1 Å². The summed E-state index contributed by atoms with van der Waals surface area (Å²) in [7, 11) is 1.78. The van der Waals surface area contributed by atoms with Crippen molar-refractivity contribution in [3.63, 3.8) is 0 Å². The van der Waals surface area contributed by atoms with Crippen molar-refractivity contribution < 1.29 is 4.74 Å². The Morgan fingerprint density at radius 1 is 1.42 bits per heavy atom. The van der Waals surface area contributed by atoms with Crippen LogP contribution in [0.25, 0.3) is 0 Å². The first kappa shape index (κ1) is 13.0. The van der Waals surface area contributed by atoms with Crippen molar-refractivity contribution in [2.45, 2.75) is 57.1 Å². The predicted octanol–water partition coefficient (Wildman–Crippen LogP) is 2.49. The molecule has 0 saturated heterocycles. The van der Waals surface area contributed by atoms with E-state index >= 15 is 0 Å². The van der Waals surface area contributed by atoms with Crippen molar-refractivity contribution in [2.75, 3.05) is 13.7 Å². The van der Waals surface area contributed by atoms with Crippen molar-refractivity contribution in [1.29, 1.82) is 0 Å². The zero-order chi connectivity index (χ0) is 13.3. The summed E-state index contributed by atoms with van der Waals surface area (Å²) >= 11 is 0. The van der Waals surface area contributed by atoms with Crippen LogP contribution in [0, 0.1) is 0 Å². The maximum absolute atomic E-state index is 5.68. The lowest BCUT2D eigenvalue weighted by Gasteiger charge is -2.39. The summed E-state index contributed by atoms with van der Waals surface area (Å²) in [5.74, 6) is 0.900. The van der Waals surface area contributed by atoms with Crippen LogP contribution in [-0.2, 0) is 16.8 Å². The average Bonchev–Trinajstić information content (AvgIpc) is 2.39. The fraction of sp³-hybridized carbons (Fsp3) is 0.733. The lowest BCUT2D eigenvalue weighted by atomic mass is 9.79. The molecule has 0 bridgehead atoms. The largest absolute Gasteiger partial charge is 0.370 e. The molecule has 4 nitrogen and oxygen atoms in total. The fourth-order valence-corrected chi connectivity index (χ4v) is 3.24. The first-order valence-electron chi connectivity index (χ1n) is 7.44. The average molecular weight is 261 g/mol. The number of hydrogen-bond donors (Lipinski definition) is 1. The number of ether oxygens (including phenoxy) is 1. The molecule has 104 valence electrons. The van der Waals surface area contributed by atoms with Crippen molar-refractivity contribution in [1.82, 2.24) is 15.3 Å². The molecule has 2 aliphatic rings. The van der Waals surface area contributed by atoms with Crippen LogP contribution in [0.2, 0.25) is 0 Å². The second kappa shape index (κ2) is 5.17. The molecule has 1 saturated carbocycles. The molecule has 4 heteroatoms.